The minimum atomic E-state index is -0.286. The fourth-order valence-electron chi connectivity index (χ4n) is 2.57. The largest absolute Gasteiger partial charge is 0.355 e. The smallest absolute Gasteiger partial charge is 0.273 e. The molecule has 0 bridgehead atoms. The van der Waals surface area contributed by atoms with Crippen LogP contribution in [0.25, 0.3) is 11.3 Å². The van der Waals surface area contributed by atoms with Crippen LogP contribution < -0.4 is 5.32 Å². The van der Waals surface area contributed by atoms with E-state index in [2.05, 4.69) is 25.5 Å². The lowest BCUT2D eigenvalue weighted by Crippen LogP contribution is -2.23. The zero-order valence-electron chi connectivity index (χ0n) is 14.3. The van der Waals surface area contributed by atoms with E-state index in [0.717, 1.165) is 16.7 Å². The Morgan fingerprint density at radius 3 is 2.56 bits per heavy atom. The number of hydrogen-bond acceptors (Lipinski definition) is 6. The van der Waals surface area contributed by atoms with Crippen molar-refractivity contribution in [3.05, 3.63) is 84.3 Å². The summed E-state index contributed by atoms with van der Waals surface area (Å²) in [5.74, 6) is 0.241. The summed E-state index contributed by atoms with van der Waals surface area (Å²) >= 11 is 0. The Labute approximate surface area is 154 Å². The Morgan fingerprint density at radius 1 is 1.04 bits per heavy atom. The maximum absolute atomic E-state index is 12.3. The van der Waals surface area contributed by atoms with Gasteiger partial charge in [0.25, 0.3) is 5.91 Å². The first-order valence-electron chi connectivity index (χ1n) is 8.33. The number of aromatic nitrogens is 5. The molecule has 1 N–H and O–H groups in total. The van der Waals surface area contributed by atoms with Crippen LogP contribution in [0.15, 0.2) is 72.0 Å². The standard InChI is InChI=1S/C19H16N6O2/c26-19(17-9-18(27-24-17)16-5-7-20-8-6-16)22-10-14-1-3-15(4-2-14)11-25-13-21-12-23-25/h1-9,12-13H,10-11H2,(H,22,26). The molecule has 1 aromatic carbocycles. The van der Waals surface area contributed by atoms with Crippen LogP contribution >= 0.6 is 0 Å². The highest BCUT2D eigenvalue weighted by molar-refractivity contribution is 5.93. The van der Waals surface area contributed by atoms with Gasteiger partial charge in [-0.05, 0) is 23.3 Å². The van der Waals surface area contributed by atoms with Gasteiger partial charge in [0.2, 0.25) is 0 Å². The highest BCUT2D eigenvalue weighted by Crippen LogP contribution is 2.19. The molecule has 0 fully saturated rings. The van der Waals surface area contributed by atoms with Gasteiger partial charge in [0.15, 0.2) is 11.5 Å². The lowest BCUT2D eigenvalue weighted by Gasteiger charge is -2.05. The van der Waals surface area contributed by atoms with Crippen molar-refractivity contribution in [2.24, 2.45) is 0 Å². The van der Waals surface area contributed by atoms with Crippen molar-refractivity contribution in [1.82, 2.24) is 30.2 Å². The molecule has 0 saturated carbocycles. The van der Waals surface area contributed by atoms with Gasteiger partial charge < -0.3 is 9.84 Å². The Kier molecular flexibility index (Phi) is 4.69. The Bertz CT molecular complexity index is 1010. The average Bonchev–Trinajstić information content (AvgIpc) is 3.40. The first-order valence-corrected chi connectivity index (χ1v) is 8.33. The molecule has 0 saturated heterocycles. The topological polar surface area (TPSA) is 98.7 Å². The van der Waals surface area contributed by atoms with Crippen LogP contribution in [0.5, 0.6) is 0 Å². The molecule has 0 aliphatic heterocycles. The molecule has 3 heterocycles. The van der Waals surface area contributed by atoms with Gasteiger partial charge in [0.1, 0.15) is 12.7 Å². The van der Waals surface area contributed by atoms with Gasteiger partial charge in [-0.2, -0.15) is 5.10 Å². The van der Waals surface area contributed by atoms with E-state index in [4.69, 9.17) is 4.52 Å². The van der Waals surface area contributed by atoms with Gasteiger partial charge >= 0.3 is 0 Å². The second-order valence-electron chi connectivity index (χ2n) is 5.90. The average molecular weight is 360 g/mol. The number of benzene rings is 1. The Hall–Kier alpha value is -3.81. The highest BCUT2D eigenvalue weighted by Gasteiger charge is 2.13. The number of rotatable bonds is 6. The number of carbonyl (C=O) groups is 1. The molecule has 0 spiro atoms. The van der Waals surface area contributed by atoms with Gasteiger partial charge in [-0.3, -0.25) is 9.78 Å². The molecular formula is C19H16N6O2. The fourth-order valence-corrected chi connectivity index (χ4v) is 2.57. The zero-order chi connectivity index (χ0) is 18.5. The number of amides is 1. The molecule has 8 nitrogen and oxygen atoms in total. The molecule has 134 valence electrons. The third kappa shape index (κ3) is 4.06. The van der Waals surface area contributed by atoms with Crippen molar-refractivity contribution in [2.75, 3.05) is 0 Å². The van der Waals surface area contributed by atoms with Crippen molar-refractivity contribution in [1.29, 1.82) is 0 Å². The quantitative estimate of drug-likeness (QED) is 0.566. The van der Waals surface area contributed by atoms with E-state index in [-0.39, 0.29) is 11.6 Å². The van der Waals surface area contributed by atoms with Crippen LogP contribution in [0, 0.1) is 0 Å². The maximum Gasteiger partial charge on any atom is 0.273 e. The third-order valence-corrected chi connectivity index (χ3v) is 3.99. The molecule has 27 heavy (non-hydrogen) atoms. The van der Waals surface area contributed by atoms with Crippen molar-refractivity contribution in [2.45, 2.75) is 13.1 Å². The summed E-state index contributed by atoms with van der Waals surface area (Å²) in [6.45, 7) is 1.06. The third-order valence-electron chi connectivity index (χ3n) is 3.99. The molecular weight excluding hydrogens is 344 g/mol. The van der Waals surface area contributed by atoms with Crippen LogP contribution in [0.3, 0.4) is 0 Å². The molecule has 0 radical (unpaired) electrons. The van der Waals surface area contributed by atoms with Crippen LogP contribution in [-0.2, 0) is 13.1 Å². The Balaban J connectivity index is 1.34. The number of nitrogens with one attached hydrogen (secondary N) is 1. The molecule has 8 heteroatoms. The molecule has 0 unspecified atom stereocenters. The molecule has 4 aromatic rings. The second-order valence-corrected chi connectivity index (χ2v) is 5.90. The predicted molar refractivity (Wildman–Crippen MR) is 96.5 cm³/mol. The first kappa shape index (κ1) is 16.6. The summed E-state index contributed by atoms with van der Waals surface area (Å²) in [6, 6.07) is 13.1. The van der Waals surface area contributed by atoms with Crippen LogP contribution in [0.4, 0.5) is 0 Å². The van der Waals surface area contributed by atoms with E-state index < -0.39 is 0 Å². The van der Waals surface area contributed by atoms with Crippen LogP contribution in [-0.4, -0.2) is 30.8 Å². The van der Waals surface area contributed by atoms with Gasteiger partial charge in [0.05, 0.1) is 6.54 Å². The molecule has 0 atom stereocenters. The fraction of sp³-hybridized carbons (Fsp3) is 0.105. The van der Waals surface area contributed by atoms with E-state index in [9.17, 15) is 4.79 Å². The first-order chi connectivity index (χ1) is 13.3. The highest BCUT2D eigenvalue weighted by atomic mass is 16.5. The van der Waals surface area contributed by atoms with Crippen LogP contribution in [0.2, 0.25) is 0 Å². The predicted octanol–water partition coefficient (Wildman–Crippen LogP) is 2.31. The normalized spacial score (nSPS) is 10.7. The molecule has 0 aliphatic carbocycles. The Morgan fingerprint density at radius 2 is 1.81 bits per heavy atom. The summed E-state index contributed by atoms with van der Waals surface area (Å²) in [5.41, 5.74) is 3.15. The molecule has 4 rings (SSSR count). The lowest BCUT2D eigenvalue weighted by atomic mass is 10.1. The van der Waals surface area contributed by atoms with E-state index in [1.165, 1.54) is 6.33 Å². The molecule has 3 aromatic heterocycles. The number of hydrogen-bond donors (Lipinski definition) is 1. The second kappa shape index (κ2) is 7.61. The summed E-state index contributed by atoms with van der Waals surface area (Å²) in [5, 5.41) is 10.8. The molecule has 0 aliphatic rings. The summed E-state index contributed by atoms with van der Waals surface area (Å²) in [7, 11) is 0. The SMILES string of the molecule is O=C(NCc1ccc(Cn2cncn2)cc1)c1cc(-c2ccncc2)on1. The molecule has 1 amide bonds. The monoisotopic (exact) mass is 360 g/mol. The summed E-state index contributed by atoms with van der Waals surface area (Å²) in [4.78, 5) is 20.2. The van der Waals surface area contributed by atoms with Crippen LogP contribution in [0.1, 0.15) is 21.6 Å². The van der Waals surface area contributed by atoms with Gasteiger partial charge in [0, 0.05) is 30.6 Å². The van der Waals surface area contributed by atoms with Gasteiger partial charge in [-0.15, -0.1) is 0 Å². The number of pyridine rings is 1. The van der Waals surface area contributed by atoms with Crippen molar-refractivity contribution < 1.29 is 9.32 Å². The van der Waals surface area contributed by atoms with E-state index >= 15 is 0 Å². The van der Waals surface area contributed by atoms with Crippen molar-refractivity contribution >= 4 is 5.91 Å². The minimum absolute atomic E-state index is 0.240. The number of carbonyl (C=O) groups excluding carboxylic acids is 1. The zero-order valence-corrected chi connectivity index (χ0v) is 14.3. The summed E-state index contributed by atoms with van der Waals surface area (Å²) in [6.07, 6.45) is 6.49. The van der Waals surface area contributed by atoms with E-state index in [1.807, 2.05) is 24.3 Å². The van der Waals surface area contributed by atoms with Gasteiger partial charge in [-0.1, -0.05) is 29.4 Å². The van der Waals surface area contributed by atoms with Gasteiger partial charge in [-0.25, -0.2) is 9.67 Å². The van der Waals surface area contributed by atoms with Crippen molar-refractivity contribution in [3.8, 4) is 11.3 Å². The van der Waals surface area contributed by atoms with Crippen molar-refractivity contribution in [3.63, 3.8) is 0 Å². The van der Waals surface area contributed by atoms with E-state index in [1.54, 1.807) is 41.6 Å². The lowest BCUT2D eigenvalue weighted by molar-refractivity contribution is 0.0942. The number of nitrogens with zero attached hydrogens (tertiary/aromatic N) is 5. The maximum atomic E-state index is 12.3. The minimum Gasteiger partial charge on any atom is -0.355 e. The van der Waals surface area contributed by atoms with E-state index in [0.29, 0.717) is 18.8 Å². The summed E-state index contributed by atoms with van der Waals surface area (Å²) < 4.78 is 6.99.